The minimum atomic E-state index is -0.808. The van der Waals surface area contributed by atoms with Crippen LogP contribution in [0.3, 0.4) is 0 Å². The number of nitrogens with zero attached hydrogens (tertiary/aromatic N) is 4. The standard InChI is InChI=1S/C12H12F2N4/c13-10-2-1-9(5-11(10)14)6-17-3-4-18-12(7-17)15-8-16-18/h1-2,5,8H,3-4,6-7H2. The highest BCUT2D eigenvalue weighted by molar-refractivity contribution is 5.17. The first-order valence-electron chi connectivity index (χ1n) is 5.75. The van der Waals surface area contributed by atoms with Gasteiger partial charge in [0, 0.05) is 13.1 Å². The Labute approximate surface area is 103 Å². The number of hydrogen-bond donors (Lipinski definition) is 0. The maximum Gasteiger partial charge on any atom is 0.159 e. The molecule has 0 aliphatic carbocycles. The van der Waals surface area contributed by atoms with E-state index in [4.69, 9.17) is 0 Å². The van der Waals surface area contributed by atoms with Gasteiger partial charge in [0.2, 0.25) is 0 Å². The third kappa shape index (κ3) is 2.11. The van der Waals surface area contributed by atoms with Crippen molar-refractivity contribution < 1.29 is 8.78 Å². The van der Waals surface area contributed by atoms with Crippen molar-refractivity contribution in [3.05, 3.63) is 47.5 Å². The molecule has 0 saturated carbocycles. The fraction of sp³-hybridized carbons (Fsp3) is 0.333. The minimum absolute atomic E-state index is 0.587. The maximum atomic E-state index is 13.1. The van der Waals surface area contributed by atoms with Crippen LogP contribution in [-0.2, 0) is 19.6 Å². The van der Waals surface area contributed by atoms with E-state index in [1.54, 1.807) is 6.07 Å². The summed E-state index contributed by atoms with van der Waals surface area (Å²) in [6.45, 7) is 2.87. The van der Waals surface area contributed by atoms with E-state index in [1.165, 1.54) is 12.4 Å². The maximum absolute atomic E-state index is 13.1. The van der Waals surface area contributed by atoms with Gasteiger partial charge in [-0.05, 0) is 17.7 Å². The summed E-state index contributed by atoms with van der Waals surface area (Å²) in [4.78, 5) is 6.29. The molecule has 0 spiro atoms. The number of rotatable bonds is 2. The topological polar surface area (TPSA) is 34.0 Å². The number of halogens is 2. The number of benzene rings is 1. The summed E-state index contributed by atoms with van der Waals surface area (Å²) in [5.74, 6) is -0.700. The van der Waals surface area contributed by atoms with Crippen molar-refractivity contribution >= 4 is 0 Å². The molecule has 0 fully saturated rings. The molecule has 6 heteroatoms. The molecule has 0 bridgehead atoms. The van der Waals surface area contributed by atoms with Crippen LogP contribution in [0.1, 0.15) is 11.4 Å². The number of aromatic nitrogens is 3. The Bertz CT molecular complexity index is 567. The van der Waals surface area contributed by atoms with Crippen molar-refractivity contribution in [2.24, 2.45) is 0 Å². The lowest BCUT2D eigenvalue weighted by atomic mass is 10.2. The van der Waals surface area contributed by atoms with Gasteiger partial charge in [-0.25, -0.2) is 18.4 Å². The van der Waals surface area contributed by atoms with Gasteiger partial charge in [-0.15, -0.1) is 0 Å². The minimum Gasteiger partial charge on any atom is -0.290 e. The normalized spacial score (nSPS) is 15.7. The summed E-state index contributed by atoms with van der Waals surface area (Å²) < 4.78 is 27.8. The van der Waals surface area contributed by atoms with Crippen molar-refractivity contribution in [2.75, 3.05) is 6.54 Å². The predicted molar refractivity (Wildman–Crippen MR) is 60.5 cm³/mol. The predicted octanol–water partition coefficient (Wildman–Crippen LogP) is 1.57. The first-order valence-corrected chi connectivity index (χ1v) is 5.75. The van der Waals surface area contributed by atoms with Gasteiger partial charge in [-0.1, -0.05) is 6.07 Å². The van der Waals surface area contributed by atoms with Gasteiger partial charge in [0.25, 0.3) is 0 Å². The van der Waals surface area contributed by atoms with Crippen LogP contribution in [0.15, 0.2) is 24.5 Å². The fourth-order valence-electron chi connectivity index (χ4n) is 2.14. The zero-order valence-electron chi connectivity index (χ0n) is 9.68. The third-order valence-corrected chi connectivity index (χ3v) is 3.08. The quantitative estimate of drug-likeness (QED) is 0.811. The molecule has 0 amide bonds. The molecular formula is C12H12F2N4. The Balaban J connectivity index is 1.72. The average molecular weight is 250 g/mol. The zero-order chi connectivity index (χ0) is 12.5. The van der Waals surface area contributed by atoms with Crippen LogP contribution < -0.4 is 0 Å². The molecule has 0 saturated heterocycles. The molecule has 1 aliphatic rings. The van der Waals surface area contributed by atoms with Crippen LogP contribution in [-0.4, -0.2) is 26.2 Å². The molecule has 0 atom stereocenters. The van der Waals surface area contributed by atoms with Gasteiger partial charge in [-0.2, -0.15) is 5.10 Å². The van der Waals surface area contributed by atoms with Crippen molar-refractivity contribution in [2.45, 2.75) is 19.6 Å². The lowest BCUT2D eigenvalue weighted by Gasteiger charge is -2.26. The first-order chi connectivity index (χ1) is 8.72. The molecule has 0 radical (unpaired) electrons. The van der Waals surface area contributed by atoms with Crippen LogP contribution in [0.4, 0.5) is 8.78 Å². The SMILES string of the molecule is Fc1ccc(CN2CCn3ncnc3C2)cc1F. The smallest absolute Gasteiger partial charge is 0.159 e. The van der Waals surface area contributed by atoms with Gasteiger partial charge in [0.15, 0.2) is 11.6 Å². The molecule has 0 unspecified atom stereocenters. The highest BCUT2D eigenvalue weighted by atomic mass is 19.2. The largest absolute Gasteiger partial charge is 0.290 e. The lowest BCUT2D eigenvalue weighted by molar-refractivity contribution is 0.201. The summed E-state index contributed by atoms with van der Waals surface area (Å²) in [6, 6.07) is 4.02. The molecule has 18 heavy (non-hydrogen) atoms. The number of hydrogen-bond acceptors (Lipinski definition) is 3. The van der Waals surface area contributed by atoms with E-state index < -0.39 is 11.6 Å². The van der Waals surface area contributed by atoms with Crippen molar-refractivity contribution in [1.29, 1.82) is 0 Å². The average Bonchev–Trinajstić information content (AvgIpc) is 2.81. The van der Waals surface area contributed by atoms with E-state index in [2.05, 4.69) is 15.0 Å². The van der Waals surface area contributed by atoms with Crippen molar-refractivity contribution in [3.8, 4) is 0 Å². The van der Waals surface area contributed by atoms with E-state index in [1.807, 2.05) is 4.68 Å². The van der Waals surface area contributed by atoms with Crippen LogP contribution in [0.25, 0.3) is 0 Å². The summed E-state index contributed by atoms with van der Waals surface area (Å²) in [6.07, 6.45) is 1.54. The van der Waals surface area contributed by atoms with E-state index in [0.29, 0.717) is 13.1 Å². The molecule has 4 nitrogen and oxygen atoms in total. The lowest BCUT2D eigenvalue weighted by Crippen LogP contribution is -2.33. The first kappa shape index (κ1) is 11.3. The van der Waals surface area contributed by atoms with Crippen molar-refractivity contribution in [1.82, 2.24) is 19.7 Å². The van der Waals surface area contributed by atoms with Crippen LogP contribution in [0.5, 0.6) is 0 Å². The van der Waals surface area contributed by atoms with E-state index in [9.17, 15) is 8.78 Å². The Kier molecular flexibility index (Phi) is 2.79. The van der Waals surface area contributed by atoms with E-state index in [-0.39, 0.29) is 0 Å². The highest BCUT2D eigenvalue weighted by Gasteiger charge is 2.17. The molecule has 1 aliphatic heterocycles. The highest BCUT2D eigenvalue weighted by Crippen LogP contribution is 2.14. The Morgan fingerprint density at radius 3 is 2.89 bits per heavy atom. The van der Waals surface area contributed by atoms with Crippen LogP contribution >= 0.6 is 0 Å². The Morgan fingerprint density at radius 2 is 2.06 bits per heavy atom. The Morgan fingerprint density at radius 1 is 1.17 bits per heavy atom. The monoisotopic (exact) mass is 250 g/mol. The summed E-state index contributed by atoms with van der Waals surface area (Å²) in [5, 5.41) is 4.09. The summed E-state index contributed by atoms with van der Waals surface area (Å²) >= 11 is 0. The molecular weight excluding hydrogens is 238 g/mol. The van der Waals surface area contributed by atoms with Crippen LogP contribution in [0, 0.1) is 11.6 Å². The molecule has 94 valence electrons. The van der Waals surface area contributed by atoms with Gasteiger partial charge in [0.05, 0.1) is 13.1 Å². The van der Waals surface area contributed by atoms with Crippen molar-refractivity contribution in [3.63, 3.8) is 0 Å². The van der Waals surface area contributed by atoms with E-state index in [0.717, 1.165) is 30.5 Å². The Hall–Kier alpha value is -1.82. The van der Waals surface area contributed by atoms with E-state index >= 15 is 0 Å². The third-order valence-electron chi connectivity index (χ3n) is 3.08. The second-order valence-electron chi connectivity index (χ2n) is 4.36. The van der Waals surface area contributed by atoms with Gasteiger partial charge < -0.3 is 0 Å². The van der Waals surface area contributed by atoms with Gasteiger partial charge in [-0.3, -0.25) is 4.90 Å². The number of fused-ring (bicyclic) bond motifs is 1. The van der Waals surface area contributed by atoms with Gasteiger partial charge in [0.1, 0.15) is 12.2 Å². The zero-order valence-corrected chi connectivity index (χ0v) is 9.68. The molecule has 2 heterocycles. The molecule has 2 aromatic rings. The molecule has 3 rings (SSSR count). The summed E-state index contributed by atoms with van der Waals surface area (Å²) in [5.41, 5.74) is 0.766. The second kappa shape index (κ2) is 4.45. The van der Waals surface area contributed by atoms with Crippen LogP contribution in [0.2, 0.25) is 0 Å². The van der Waals surface area contributed by atoms with Gasteiger partial charge >= 0.3 is 0 Å². The molecule has 1 aromatic heterocycles. The summed E-state index contributed by atoms with van der Waals surface area (Å²) in [7, 11) is 0. The fourth-order valence-corrected chi connectivity index (χ4v) is 2.14. The molecule has 0 N–H and O–H groups in total. The second-order valence-corrected chi connectivity index (χ2v) is 4.36. The molecule has 1 aromatic carbocycles.